The Morgan fingerprint density at radius 1 is 0.963 bits per heavy atom. The quantitative estimate of drug-likeness (QED) is 0.726. The molecule has 0 fully saturated rings. The Hall–Kier alpha value is -3.06. The first-order valence-corrected chi connectivity index (χ1v) is 9.70. The van der Waals surface area contributed by atoms with Crippen molar-refractivity contribution in [2.24, 2.45) is 0 Å². The van der Waals surface area contributed by atoms with Crippen LogP contribution in [-0.2, 0) is 10.0 Å². The summed E-state index contributed by atoms with van der Waals surface area (Å²) >= 11 is 0. The Labute approximate surface area is 156 Å². The summed E-state index contributed by atoms with van der Waals surface area (Å²) in [5.41, 5.74) is 2.02. The molecule has 1 aliphatic heterocycles. The van der Waals surface area contributed by atoms with Gasteiger partial charge in [0, 0.05) is 11.6 Å². The second-order valence-corrected chi connectivity index (χ2v) is 7.82. The van der Waals surface area contributed by atoms with E-state index in [0.717, 1.165) is 0 Å². The smallest absolute Gasteiger partial charge is 0.261 e. The third-order valence-electron chi connectivity index (χ3n) is 4.28. The van der Waals surface area contributed by atoms with Crippen molar-refractivity contribution in [1.82, 2.24) is 0 Å². The highest BCUT2D eigenvalue weighted by Gasteiger charge is 2.22. The standard InChI is InChI=1S/C20H16FNO4S/c1-13-9-14(7-8-17(13)21)16-10-19-20(26-12-25-19)11-18(16)22-27(23,24)15-5-3-2-4-6-15/h2-11,22H,12H2,1H3. The summed E-state index contributed by atoms with van der Waals surface area (Å²) in [6, 6.07) is 15.9. The van der Waals surface area contributed by atoms with E-state index in [1.807, 2.05) is 0 Å². The van der Waals surface area contributed by atoms with Gasteiger partial charge in [-0.1, -0.05) is 24.3 Å². The van der Waals surface area contributed by atoms with Gasteiger partial charge in [-0.25, -0.2) is 12.8 Å². The van der Waals surface area contributed by atoms with E-state index < -0.39 is 10.0 Å². The van der Waals surface area contributed by atoms with E-state index >= 15 is 0 Å². The van der Waals surface area contributed by atoms with Crippen LogP contribution in [-0.4, -0.2) is 15.2 Å². The molecule has 0 atom stereocenters. The fraction of sp³-hybridized carbons (Fsp3) is 0.100. The number of nitrogens with one attached hydrogen (secondary N) is 1. The van der Waals surface area contributed by atoms with Crippen molar-refractivity contribution in [2.75, 3.05) is 11.5 Å². The molecular weight excluding hydrogens is 369 g/mol. The first kappa shape index (κ1) is 17.4. The third-order valence-corrected chi connectivity index (χ3v) is 5.66. The van der Waals surface area contributed by atoms with Gasteiger partial charge in [0.2, 0.25) is 6.79 Å². The van der Waals surface area contributed by atoms with Crippen LogP contribution in [0.2, 0.25) is 0 Å². The van der Waals surface area contributed by atoms with Crippen LogP contribution in [0.3, 0.4) is 0 Å². The lowest BCUT2D eigenvalue weighted by Gasteiger charge is -2.14. The van der Waals surface area contributed by atoms with E-state index in [2.05, 4.69) is 4.72 Å². The van der Waals surface area contributed by atoms with E-state index in [4.69, 9.17) is 9.47 Å². The monoisotopic (exact) mass is 385 g/mol. The van der Waals surface area contributed by atoms with Crippen LogP contribution >= 0.6 is 0 Å². The topological polar surface area (TPSA) is 64.6 Å². The molecule has 0 bridgehead atoms. The van der Waals surface area contributed by atoms with E-state index in [1.54, 1.807) is 49.4 Å². The lowest BCUT2D eigenvalue weighted by Crippen LogP contribution is -2.13. The summed E-state index contributed by atoms with van der Waals surface area (Å²) in [7, 11) is -3.80. The number of sulfonamides is 1. The second kappa shape index (κ2) is 6.59. The molecule has 0 amide bonds. The number of hydrogen-bond donors (Lipinski definition) is 1. The molecular formula is C20H16FNO4S. The fourth-order valence-electron chi connectivity index (χ4n) is 2.88. The maximum absolute atomic E-state index is 13.7. The molecule has 138 valence electrons. The highest BCUT2D eigenvalue weighted by molar-refractivity contribution is 7.92. The van der Waals surface area contributed by atoms with Crippen molar-refractivity contribution >= 4 is 15.7 Å². The van der Waals surface area contributed by atoms with Crippen molar-refractivity contribution in [2.45, 2.75) is 11.8 Å². The molecule has 1 aliphatic rings. The Morgan fingerprint density at radius 3 is 2.37 bits per heavy atom. The molecule has 0 aliphatic carbocycles. The molecule has 3 aromatic rings. The first-order chi connectivity index (χ1) is 12.9. The molecule has 3 aromatic carbocycles. The molecule has 0 radical (unpaired) electrons. The Morgan fingerprint density at radius 2 is 1.67 bits per heavy atom. The van der Waals surface area contributed by atoms with Crippen LogP contribution < -0.4 is 14.2 Å². The third kappa shape index (κ3) is 3.33. The number of fused-ring (bicyclic) bond motifs is 1. The molecule has 1 N–H and O–H groups in total. The van der Waals surface area contributed by atoms with Crippen molar-refractivity contribution in [1.29, 1.82) is 0 Å². The van der Waals surface area contributed by atoms with Crippen LogP contribution in [0, 0.1) is 12.7 Å². The van der Waals surface area contributed by atoms with Crippen LogP contribution in [0.1, 0.15) is 5.56 Å². The average molecular weight is 385 g/mol. The van der Waals surface area contributed by atoms with Gasteiger partial charge in [-0.15, -0.1) is 0 Å². The average Bonchev–Trinajstić information content (AvgIpc) is 3.11. The van der Waals surface area contributed by atoms with Gasteiger partial charge in [0.1, 0.15) is 5.82 Å². The van der Waals surface area contributed by atoms with Gasteiger partial charge in [0.25, 0.3) is 10.0 Å². The van der Waals surface area contributed by atoms with Gasteiger partial charge < -0.3 is 9.47 Å². The van der Waals surface area contributed by atoms with Gasteiger partial charge in [-0.2, -0.15) is 0 Å². The zero-order valence-corrected chi connectivity index (χ0v) is 15.2. The predicted molar refractivity (Wildman–Crippen MR) is 99.9 cm³/mol. The number of aryl methyl sites for hydroxylation is 1. The van der Waals surface area contributed by atoms with Crippen LogP contribution in [0.25, 0.3) is 11.1 Å². The van der Waals surface area contributed by atoms with Crippen LogP contribution in [0.4, 0.5) is 10.1 Å². The summed E-state index contributed by atoms with van der Waals surface area (Å²) < 4.78 is 52.6. The zero-order valence-electron chi connectivity index (χ0n) is 14.4. The lowest BCUT2D eigenvalue weighted by molar-refractivity contribution is 0.174. The molecule has 0 unspecified atom stereocenters. The number of rotatable bonds is 4. The Balaban J connectivity index is 1.83. The van der Waals surface area contributed by atoms with Gasteiger partial charge in [-0.3, -0.25) is 4.72 Å². The SMILES string of the molecule is Cc1cc(-c2cc3c(cc2NS(=O)(=O)c2ccccc2)OCO3)ccc1F. The minimum Gasteiger partial charge on any atom is -0.454 e. The van der Waals surface area contributed by atoms with Gasteiger partial charge >= 0.3 is 0 Å². The number of halogens is 1. The molecule has 4 rings (SSSR count). The van der Waals surface area contributed by atoms with Crippen LogP contribution in [0.15, 0.2) is 65.6 Å². The minimum absolute atomic E-state index is 0.0616. The summed E-state index contributed by atoms with van der Waals surface area (Å²) in [5, 5.41) is 0. The fourth-order valence-corrected chi connectivity index (χ4v) is 3.97. The maximum Gasteiger partial charge on any atom is 0.261 e. The highest BCUT2D eigenvalue weighted by Crippen LogP contribution is 2.42. The molecule has 27 heavy (non-hydrogen) atoms. The normalized spacial score (nSPS) is 12.8. The van der Waals surface area contributed by atoms with Gasteiger partial charge in [0.05, 0.1) is 10.6 Å². The van der Waals surface area contributed by atoms with Crippen LogP contribution in [0.5, 0.6) is 11.5 Å². The number of ether oxygens (including phenoxy) is 2. The summed E-state index contributed by atoms with van der Waals surface area (Å²) in [4.78, 5) is 0.143. The molecule has 1 heterocycles. The maximum atomic E-state index is 13.7. The second-order valence-electron chi connectivity index (χ2n) is 6.13. The number of anilines is 1. The molecule has 0 saturated carbocycles. The van der Waals surface area contributed by atoms with Crippen molar-refractivity contribution in [3.63, 3.8) is 0 Å². The van der Waals surface area contributed by atoms with E-state index in [9.17, 15) is 12.8 Å². The van der Waals surface area contributed by atoms with Crippen molar-refractivity contribution < 1.29 is 22.3 Å². The highest BCUT2D eigenvalue weighted by atomic mass is 32.2. The predicted octanol–water partition coefficient (Wildman–Crippen LogP) is 4.33. The minimum atomic E-state index is -3.80. The van der Waals surface area contributed by atoms with Gasteiger partial charge in [0.15, 0.2) is 11.5 Å². The van der Waals surface area contributed by atoms with Gasteiger partial charge in [-0.05, 0) is 48.4 Å². The summed E-state index contributed by atoms with van der Waals surface area (Å²) in [6.07, 6.45) is 0. The molecule has 7 heteroatoms. The molecule has 0 saturated heterocycles. The van der Waals surface area contributed by atoms with E-state index in [1.165, 1.54) is 18.2 Å². The largest absolute Gasteiger partial charge is 0.454 e. The van der Waals surface area contributed by atoms with Crippen molar-refractivity contribution in [3.8, 4) is 22.6 Å². The molecule has 0 aromatic heterocycles. The molecule has 0 spiro atoms. The number of hydrogen-bond acceptors (Lipinski definition) is 4. The number of benzene rings is 3. The zero-order chi connectivity index (χ0) is 19.0. The first-order valence-electron chi connectivity index (χ1n) is 8.22. The van der Waals surface area contributed by atoms with E-state index in [0.29, 0.717) is 33.9 Å². The summed E-state index contributed by atoms with van der Waals surface area (Å²) in [6.45, 7) is 1.71. The molecule has 5 nitrogen and oxygen atoms in total. The summed E-state index contributed by atoms with van der Waals surface area (Å²) in [5.74, 6) is 0.629. The Bertz CT molecular complexity index is 1110. The lowest BCUT2D eigenvalue weighted by atomic mass is 10.0. The Kier molecular flexibility index (Phi) is 4.24. The van der Waals surface area contributed by atoms with Crippen molar-refractivity contribution in [3.05, 3.63) is 72.0 Å². The van der Waals surface area contributed by atoms with E-state index in [-0.39, 0.29) is 17.5 Å².